The number of ether oxygens (including phenoxy) is 3. The lowest BCUT2D eigenvalue weighted by atomic mass is 10.2. The van der Waals surface area contributed by atoms with Crippen molar-refractivity contribution in [1.82, 2.24) is 15.0 Å². The molecule has 3 rings (SSSR count). The summed E-state index contributed by atoms with van der Waals surface area (Å²) in [6, 6.07) is 2.62. The maximum Gasteiger partial charge on any atom is 0.416 e. The molecule has 0 aliphatic carbocycles. The Balaban J connectivity index is 1.80. The third-order valence-electron chi connectivity index (χ3n) is 4.03. The summed E-state index contributed by atoms with van der Waals surface area (Å²) in [5.74, 6) is -0.924. The second-order valence-corrected chi connectivity index (χ2v) is 7.52. The van der Waals surface area contributed by atoms with Gasteiger partial charge in [0.15, 0.2) is 5.69 Å². The lowest BCUT2D eigenvalue weighted by molar-refractivity contribution is -0.137. The zero-order chi connectivity index (χ0) is 24.9. The molecule has 0 aliphatic heterocycles. The van der Waals surface area contributed by atoms with Crippen molar-refractivity contribution in [2.24, 2.45) is 0 Å². The number of amides is 1. The molecule has 1 aromatic carbocycles. The number of rotatable bonds is 9. The van der Waals surface area contributed by atoms with Gasteiger partial charge in [0.1, 0.15) is 11.4 Å². The number of thiazole rings is 1. The van der Waals surface area contributed by atoms with Crippen molar-refractivity contribution in [2.45, 2.75) is 6.18 Å². The lowest BCUT2D eigenvalue weighted by Gasteiger charge is -2.14. The number of hydrogen-bond acceptors (Lipinski definition) is 10. The van der Waals surface area contributed by atoms with E-state index in [1.807, 2.05) is 0 Å². The number of anilines is 2. The maximum absolute atomic E-state index is 13.0. The Hall–Kier alpha value is -3.36. The monoisotopic (exact) mass is 519 g/mol. The van der Waals surface area contributed by atoms with Crippen molar-refractivity contribution >= 4 is 40.5 Å². The molecule has 182 valence electrons. The molecule has 0 radical (unpaired) electrons. The van der Waals surface area contributed by atoms with Crippen LogP contribution in [0.2, 0.25) is 5.02 Å². The van der Waals surface area contributed by atoms with Crippen LogP contribution in [0, 0.1) is 0 Å². The van der Waals surface area contributed by atoms with Gasteiger partial charge in [0.05, 0.1) is 31.4 Å². The van der Waals surface area contributed by atoms with Crippen molar-refractivity contribution in [3.63, 3.8) is 0 Å². The lowest BCUT2D eigenvalue weighted by Crippen LogP contribution is -2.16. The van der Waals surface area contributed by atoms with E-state index in [2.05, 4.69) is 25.6 Å². The molecule has 2 aromatic heterocycles. The fourth-order valence-corrected chi connectivity index (χ4v) is 3.32. The van der Waals surface area contributed by atoms with Crippen LogP contribution in [0.5, 0.6) is 22.7 Å². The fraction of sp³-hybridized carbons (Fsp3) is 0.263. The number of nitrogens with one attached hydrogen (secondary N) is 2. The summed E-state index contributed by atoms with van der Waals surface area (Å²) < 4.78 is 54.6. The van der Waals surface area contributed by atoms with Crippen LogP contribution in [0.15, 0.2) is 23.6 Å². The Morgan fingerprint density at radius 3 is 2.44 bits per heavy atom. The molecule has 3 aromatic rings. The van der Waals surface area contributed by atoms with Gasteiger partial charge in [-0.2, -0.15) is 28.1 Å². The Morgan fingerprint density at radius 2 is 1.85 bits per heavy atom. The molecule has 0 bridgehead atoms. The van der Waals surface area contributed by atoms with E-state index in [0.29, 0.717) is 0 Å². The quantitative estimate of drug-likeness (QED) is 0.383. The minimum absolute atomic E-state index is 0.0148. The van der Waals surface area contributed by atoms with Crippen LogP contribution in [0.1, 0.15) is 16.1 Å². The average molecular weight is 520 g/mol. The van der Waals surface area contributed by atoms with Crippen molar-refractivity contribution in [3.8, 4) is 22.7 Å². The molecule has 34 heavy (non-hydrogen) atoms. The predicted octanol–water partition coefficient (Wildman–Crippen LogP) is 4.07. The van der Waals surface area contributed by atoms with Gasteiger partial charge in [-0.15, -0.1) is 0 Å². The molecule has 0 saturated heterocycles. The first-order valence-corrected chi connectivity index (χ1v) is 10.6. The van der Waals surface area contributed by atoms with Gasteiger partial charge in [-0.3, -0.25) is 4.79 Å². The summed E-state index contributed by atoms with van der Waals surface area (Å²) >= 11 is 6.80. The van der Waals surface area contributed by atoms with E-state index in [9.17, 15) is 18.0 Å². The second-order valence-electron chi connectivity index (χ2n) is 6.29. The Labute approximate surface area is 199 Å². The van der Waals surface area contributed by atoms with E-state index < -0.39 is 17.6 Å². The van der Waals surface area contributed by atoms with Crippen LogP contribution in [-0.2, 0) is 6.18 Å². The molecule has 2 heterocycles. The van der Waals surface area contributed by atoms with Crippen molar-refractivity contribution in [1.29, 1.82) is 0 Å². The van der Waals surface area contributed by atoms with Gasteiger partial charge in [0.25, 0.3) is 11.1 Å². The largest absolute Gasteiger partial charge is 0.479 e. The Morgan fingerprint density at radius 1 is 1.18 bits per heavy atom. The summed E-state index contributed by atoms with van der Waals surface area (Å²) in [6.07, 6.45) is -4.58. The maximum atomic E-state index is 13.0. The number of aliphatic hydroxyl groups excluding tert-OH is 1. The zero-order valence-electron chi connectivity index (χ0n) is 17.6. The number of carbonyl (C=O) groups is 1. The van der Waals surface area contributed by atoms with E-state index >= 15 is 0 Å². The van der Waals surface area contributed by atoms with Crippen LogP contribution in [0.3, 0.4) is 0 Å². The highest BCUT2D eigenvalue weighted by Gasteiger charge is 2.31. The molecule has 15 heteroatoms. The average Bonchev–Trinajstić information content (AvgIpc) is 3.27. The Bertz CT molecular complexity index is 1150. The normalized spacial score (nSPS) is 11.1. The minimum Gasteiger partial charge on any atom is -0.479 e. The fourth-order valence-electron chi connectivity index (χ4n) is 2.51. The van der Waals surface area contributed by atoms with Crippen molar-refractivity contribution < 1.29 is 37.3 Å². The summed E-state index contributed by atoms with van der Waals surface area (Å²) in [5, 5.41) is 15.4. The summed E-state index contributed by atoms with van der Waals surface area (Å²) in [7, 11) is 2.64. The van der Waals surface area contributed by atoms with Crippen molar-refractivity contribution in [3.05, 3.63) is 39.9 Å². The van der Waals surface area contributed by atoms with Gasteiger partial charge >= 0.3 is 6.18 Å². The molecular weight excluding hydrogens is 503 g/mol. The SMILES string of the molecule is COc1nc(NCCO)nc(OC)c1NC(=O)c1csc(Oc2cc(C(F)(F)F)ccc2Cl)n1. The van der Waals surface area contributed by atoms with Crippen LogP contribution in [0.25, 0.3) is 0 Å². The number of halogens is 4. The van der Waals surface area contributed by atoms with Gasteiger partial charge in [0.2, 0.25) is 17.7 Å². The molecular formula is C19H17ClF3N5O5S. The third kappa shape index (κ3) is 5.95. The minimum atomic E-state index is -4.58. The molecule has 0 unspecified atom stereocenters. The predicted molar refractivity (Wildman–Crippen MR) is 117 cm³/mol. The standard InChI is InChI=1S/C19H17ClF3N5O5S/c1-31-15-13(16(32-2)28-17(27-15)24-5-6-29)26-14(30)11-8-34-18(25-11)33-12-7-9(19(21,22)23)3-4-10(12)20/h3-4,7-8,29H,5-6H2,1-2H3,(H,26,30)(H,24,27,28). The van der Waals surface area contributed by atoms with E-state index in [0.717, 1.165) is 29.5 Å². The first-order chi connectivity index (χ1) is 16.2. The highest BCUT2D eigenvalue weighted by molar-refractivity contribution is 7.11. The summed E-state index contributed by atoms with van der Waals surface area (Å²) in [5.41, 5.74) is -1.03. The molecule has 0 atom stereocenters. The first kappa shape index (κ1) is 25.3. The number of benzene rings is 1. The highest BCUT2D eigenvalue weighted by atomic mass is 35.5. The molecule has 0 saturated carbocycles. The van der Waals surface area contributed by atoms with Gasteiger partial charge in [-0.1, -0.05) is 22.9 Å². The van der Waals surface area contributed by atoms with E-state index in [1.54, 1.807) is 0 Å². The second kappa shape index (κ2) is 10.7. The van der Waals surface area contributed by atoms with Crippen LogP contribution < -0.4 is 24.8 Å². The van der Waals surface area contributed by atoms with Crippen LogP contribution in [-0.4, -0.2) is 53.3 Å². The van der Waals surface area contributed by atoms with E-state index in [4.69, 9.17) is 30.9 Å². The van der Waals surface area contributed by atoms with Gasteiger partial charge < -0.3 is 30.0 Å². The molecule has 0 spiro atoms. The number of alkyl halides is 3. The number of carbonyl (C=O) groups excluding carboxylic acids is 1. The number of aromatic nitrogens is 3. The van der Waals surface area contributed by atoms with Crippen molar-refractivity contribution in [2.75, 3.05) is 38.0 Å². The van der Waals surface area contributed by atoms with Crippen LogP contribution in [0.4, 0.5) is 24.8 Å². The topological polar surface area (TPSA) is 128 Å². The van der Waals surface area contributed by atoms with Gasteiger partial charge in [-0.25, -0.2) is 0 Å². The first-order valence-electron chi connectivity index (χ1n) is 9.32. The summed E-state index contributed by atoms with van der Waals surface area (Å²) in [4.78, 5) is 24.9. The molecule has 10 nitrogen and oxygen atoms in total. The highest BCUT2D eigenvalue weighted by Crippen LogP contribution is 2.38. The van der Waals surface area contributed by atoms with Gasteiger partial charge in [0, 0.05) is 11.9 Å². The molecule has 1 amide bonds. The van der Waals surface area contributed by atoms with E-state index in [1.165, 1.54) is 19.6 Å². The zero-order valence-corrected chi connectivity index (χ0v) is 19.1. The van der Waals surface area contributed by atoms with E-state index in [-0.39, 0.29) is 58.2 Å². The summed E-state index contributed by atoms with van der Waals surface area (Å²) in [6.45, 7) is 0.0158. The van der Waals surface area contributed by atoms with Gasteiger partial charge in [-0.05, 0) is 18.2 Å². The third-order valence-corrected chi connectivity index (χ3v) is 5.06. The number of nitrogens with zero attached hydrogens (tertiary/aromatic N) is 3. The number of aliphatic hydroxyl groups is 1. The molecule has 0 fully saturated rings. The number of methoxy groups -OCH3 is 2. The Kier molecular flexibility index (Phi) is 7.96. The van der Waals surface area contributed by atoms with Crippen LogP contribution >= 0.6 is 22.9 Å². The molecule has 3 N–H and O–H groups in total. The number of hydrogen-bond donors (Lipinski definition) is 3. The molecule has 0 aliphatic rings. The smallest absolute Gasteiger partial charge is 0.416 e.